The lowest BCUT2D eigenvalue weighted by Gasteiger charge is -2.20. The first-order valence-corrected chi connectivity index (χ1v) is 9.39. The van der Waals surface area contributed by atoms with Crippen LogP contribution in [0.5, 0.6) is 0 Å². The first-order chi connectivity index (χ1) is 14.0. The highest BCUT2D eigenvalue weighted by Gasteiger charge is 2.33. The summed E-state index contributed by atoms with van der Waals surface area (Å²) in [7, 11) is 1.63. The number of nitrogens with zero attached hydrogens (tertiary/aromatic N) is 2. The Hall–Kier alpha value is -3.44. The van der Waals surface area contributed by atoms with E-state index in [-0.39, 0.29) is 0 Å². The molecule has 0 aromatic heterocycles. The second-order valence-electron chi connectivity index (χ2n) is 6.53. The van der Waals surface area contributed by atoms with E-state index in [1.165, 1.54) is 4.90 Å². The molecule has 0 spiro atoms. The van der Waals surface area contributed by atoms with Gasteiger partial charge in [0.25, 0.3) is 12.1 Å². The molecule has 5 nitrogen and oxygen atoms in total. The number of ether oxygens (including phenoxy) is 1. The lowest BCUT2D eigenvalue weighted by atomic mass is 10.0. The van der Waals surface area contributed by atoms with Crippen molar-refractivity contribution in [2.24, 2.45) is 4.99 Å². The van der Waals surface area contributed by atoms with Gasteiger partial charge in [0.15, 0.2) is 0 Å². The number of benzodiazepines with no additional fused rings is 1. The average Bonchev–Trinajstić information content (AvgIpc) is 2.85. The molecule has 144 valence electrons. The zero-order chi connectivity index (χ0) is 20.4. The molecule has 0 radical (unpaired) electrons. The molecule has 29 heavy (non-hydrogen) atoms. The van der Waals surface area contributed by atoms with Gasteiger partial charge in [0.05, 0.1) is 17.0 Å². The molecule has 1 heterocycles. The van der Waals surface area contributed by atoms with E-state index in [1.54, 1.807) is 55.6 Å². The van der Waals surface area contributed by atoms with Crippen molar-refractivity contribution in [3.63, 3.8) is 0 Å². The molecule has 0 N–H and O–H groups in total. The molecule has 4 rings (SSSR count). The monoisotopic (exact) mass is 404 g/mol. The number of esters is 1. The molecule has 0 saturated heterocycles. The topological polar surface area (TPSA) is 59.0 Å². The predicted octanol–water partition coefficient (Wildman–Crippen LogP) is 4.34. The van der Waals surface area contributed by atoms with Gasteiger partial charge in [0, 0.05) is 23.2 Å². The number of carbonyl (C=O) groups excluding carboxylic acids is 2. The van der Waals surface area contributed by atoms with Crippen LogP contribution in [-0.4, -0.2) is 30.9 Å². The van der Waals surface area contributed by atoms with Crippen molar-refractivity contribution >= 4 is 34.9 Å². The van der Waals surface area contributed by atoms with Crippen LogP contribution in [0.15, 0.2) is 83.9 Å². The van der Waals surface area contributed by atoms with Gasteiger partial charge < -0.3 is 9.64 Å². The van der Waals surface area contributed by atoms with Crippen molar-refractivity contribution in [1.29, 1.82) is 0 Å². The number of anilines is 1. The highest BCUT2D eigenvalue weighted by Crippen LogP contribution is 2.30. The van der Waals surface area contributed by atoms with E-state index in [4.69, 9.17) is 16.3 Å². The summed E-state index contributed by atoms with van der Waals surface area (Å²) in [5.74, 6) is -1.05. The number of rotatable bonds is 3. The Morgan fingerprint density at radius 1 is 1.00 bits per heavy atom. The molecule has 3 aromatic rings. The minimum absolute atomic E-state index is 0.351. The summed E-state index contributed by atoms with van der Waals surface area (Å²) in [6.07, 6.45) is -1.31. The minimum atomic E-state index is -1.31. The molecule has 1 aliphatic heterocycles. The Morgan fingerprint density at radius 2 is 1.66 bits per heavy atom. The van der Waals surface area contributed by atoms with E-state index in [0.29, 0.717) is 27.5 Å². The summed E-state index contributed by atoms with van der Waals surface area (Å²) in [4.78, 5) is 31.6. The normalized spacial score (nSPS) is 15.9. The van der Waals surface area contributed by atoms with Crippen molar-refractivity contribution in [2.45, 2.75) is 6.23 Å². The maximum Gasteiger partial charge on any atom is 0.340 e. The molecule has 1 amide bonds. The van der Waals surface area contributed by atoms with E-state index in [0.717, 1.165) is 5.56 Å². The van der Waals surface area contributed by atoms with Gasteiger partial charge in [-0.15, -0.1) is 0 Å². The van der Waals surface area contributed by atoms with Gasteiger partial charge in [-0.2, -0.15) is 0 Å². The van der Waals surface area contributed by atoms with Crippen molar-refractivity contribution in [1.82, 2.24) is 0 Å². The number of fused-ring (bicyclic) bond motifs is 1. The summed E-state index contributed by atoms with van der Waals surface area (Å²) in [6, 6.07) is 23.2. The van der Waals surface area contributed by atoms with Gasteiger partial charge in [-0.25, -0.2) is 9.79 Å². The Labute approximate surface area is 173 Å². The van der Waals surface area contributed by atoms with Crippen LogP contribution in [0.4, 0.5) is 5.69 Å². The molecule has 6 heteroatoms. The van der Waals surface area contributed by atoms with Crippen LogP contribution in [0.2, 0.25) is 5.02 Å². The summed E-state index contributed by atoms with van der Waals surface area (Å²) in [5.41, 5.74) is 3.01. The Bertz CT molecular complexity index is 1100. The fraction of sp³-hybridized carbons (Fsp3) is 0.0870. The average molecular weight is 405 g/mol. The highest BCUT2D eigenvalue weighted by atomic mass is 35.5. The van der Waals surface area contributed by atoms with E-state index >= 15 is 0 Å². The van der Waals surface area contributed by atoms with Crippen LogP contribution >= 0.6 is 11.6 Å². The molecule has 1 aliphatic rings. The summed E-state index contributed by atoms with van der Waals surface area (Å²) < 4.78 is 5.50. The van der Waals surface area contributed by atoms with Gasteiger partial charge >= 0.3 is 5.97 Å². The molecule has 3 aromatic carbocycles. The van der Waals surface area contributed by atoms with Crippen molar-refractivity contribution in [2.75, 3.05) is 11.9 Å². The fourth-order valence-corrected chi connectivity index (χ4v) is 3.34. The van der Waals surface area contributed by atoms with Crippen LogP contribution in [0.1, 0.15) is 21.5 Å². The first kappa shape index (κ1) is 18.9. The van der Waals surface area contributed by atoms with E-state index in [9.17, 15) is 9.59 Å². The van der Waals surface area contributed by atoms with E-state index in [2.05, 4.69) is 4.99 Å². The molecular weight excluding hydrogens is 388 g/mol. The number of amides is 1. The molecule has 0 bridgehead atoms. The van der Waals surface area contributed by atoms with Gasteiger partial charge in [0.2, 0.25) is 0 Å². The minimum Gasteiger partial charge on any atom is -0.426 e. The Morgan fingerprint density at radius 3 is 2.34 bits per heavy atom. The molecular formula is C23H17ClN2O3. The lowest BCUT2D eigenvalue weighted by Crippen LogP contribution is -2.37. The molecule has 0 saturated carbocycles. The zero-order valence-corrected chi connectivity index (χ0v) is 16.3. The predicted molar refractivity (Wildman–Crippen MR) is 113 cm³/mol. The van der Waals surface area contributed by atoms with Crippen molar-refractivity contribution < 1.29 is 14.3 Å². The van der Waals surface area contributed by atoms with Gasteiger partial charge in [-0.3, -0.25) is 4.79 Å². The SMILES string of the molecule is CN1C(=O)C(OC(=O)c2ccccc2)N=C(c2ccccc2)c2cc(Cl)ccc21. The zero-order valence-electron chi connectivity index (χ0n) is 15.6. The van der Waals surface area contributed by atoms with Crippen molar-refractivity contribution in [3.8, 4) is 0 Å². The maximum atomic E-state index is 13.0. The third kappa shape index (κ3) is 3.77. The molecule has 1 unspecified atom stereocenters. The van der Waals surface area contributed by atoms with Crippen molar-refractivity contribution in [3.05, 3.63) is 101 Å². The molecule has 1 atom stereocenters. The number of likely N-dealkylation sites (N-methyl/N-ethyl adjacent to an activating group) is 1. The third-order valence-electron chi connectivity index (χ3n) is 4.64. The number of hydrogen-bond donors (Lipinski definition) is 0. The Kier molecular flexibility index (Phi) is 5.14. The molecule has 0 aliphatic carbocycles. The number of halogens is 1. The summed E-state index contributed by atoms with van der Waals surface area (Å²) in [5, 5.41) is 0.521. The molecule has 0 fully saturated rings. The quantitative estimate of drug-likeness (QED) is 0.610. The highest BCUT2D eigenvalue weighted by molar-refractivity contribution is 6.32. The third-order valence-corrected chi connectivity index (χ3v) is 4.87. The van der Waals surface area contributed by atoms with Gasteiger partial charge in [-0.05, 0) is 30.3 Å². The smallest absolute Gasteiger partial charge is 0.340 e. The van der Waals surface area contributed by atoms with Crippen LogP contribution in [-0.2, 0) is 9.53 Å². The number of aliphatic imine (C=N–C) groups is 1. The number of carbonyl (C=O) groups is 2. The number of hydrogen-bond acceptors (Lipinski definition) is 4. The van der Waals surface area contributed by atoms with Crippen LogP contribution in [0.3, 0.4) is 0 Å². The fourth-order valence-electron chi connectivity index (χ4n) is 3.16. The van der Waals surface area contributed by atoms with Gasteiger partial charge in [0.1, 0.15) is 0 Å². The standard InChI is InChI=1S/C23H17ClN2O3/c1-26-19-13-12-17(24)14-18(19)20(15-8-4-2-5-9-15)25-21(22(26)27)29-23(28)16-10-6-3-7-11-16/h2-14,21H,1H3. The summed E-state index contributed by atoms with van der Waals surface area (Å²) >= 11 is 6.22. The summed E-state index contributed by atoms with van der Waals surface area (Å²) in [6.45, 7) is 0. The first-order valence-electron chi connectivity index (χ1n) is 9.01. The lowest BCUT2D eigenvalue weighted by molar-refractivity contribution is -0.126. The van der Waals surface area contributed by atoms with Gasteiger partial charge in [-0.1, -0.05) is 60.1 Å². The van der Waals surface area contributed by atoms with Crippen LogP contribution < -0.4 is 4.90 Å². The Balaban J connectivity index is 1.81. The largest absolute Gasteiger partial charge is 0.426 e. The second-order valence-corrected chi connectivity index (χ2v) is 6.96. The van der Waals surface area contributed by atoms with Crippen LogP contribution in [0.25, 0.3) is 0 Å². The van der Waals surface area contributed by atoms with Crippen LogP contribution in [0, 0.1) is 0 Å². The van der Waals surface area contributed by atoms with E-state index in [1.807, 2.05) is 30.3 Å². The van der Waals surface area contributed by atoms with E-state index < -0.39 is 18.1 Å². The maximum absolute atomic E-state index is 13.0. The number of benzene rings is 3. The second kappa shape index (κ2) is 7.89.